The SMILES string of the molecule is CCN(Cc1cc(C#CCO)ccc1OC)C(C)C. The summed E-state index contributed by atoms with van der Waals surface area (Å²) in [5.74, 6) is 6.49. The number of aliphatic hydroxyl groups excluding tert-OH is 1. The normalized spacial score (nSPS) is 10.5. The third-order valence-corrected chi connectivity index (χ3v) is 3.10. The van der Waals surface area contributed by atoms with Crippen LogP contribution in [0.5, 0.6) is 5.75 Å². The Morgan fingerprint density at radius 1 is 1.37 bits per heavy atom. The van der Waals surface area contributed by atoms with Crippen molar-refractivity contribution in [3.63, 3.8) is 0 Å². The van der Waals surface area contributed by atoms with E-state index in [4.69, 9.17) is 9.84 Å². The van der Waals surface area contributed by atoms with Crippen LogP contribution in [0.15, 0.2) is 18.2 Å². The zero-order valence-electron chi connectivity index (χ0n) is 12.2. The van der Waals surface area contributed by atoms with Gasteiger partial charge in [-0.3, -0.25) is 4.90 Å². The Hall–Kier alpha value is -1.50. The van der Waals surface area contributed by atoms with Crippen molar-refractivity contribution in [3.05, 3.63) is 29.3 Å². The van der Waals surface area contributed by atoms with Gasteiger partial charge in [-0.1, -0.05) is 18.8 Å². The number of ether oxygens (including phenoxy) is 1. The average Bonchev–Trinajstić information content (AvgIpc) is 2.42. The van der Waals surface area contributed by atoms with Gasteiger partial charge in [0.05, 0.1) is 7.11 Å². The highest BCUT2D eigenvalue weighted by Gasteiger charge is 2.11. The lowest BCUT2D eigenvalue weighted by Gasteiger charge is -2.25. The summed E-state index contributed by atoms with van der Waals surface area (Å²) in [4.78, 5) is 2.36. The van der Waals surface area contributed by atoms with Crippen LogP contribution in [-0.4, -0.2) is 36.3 Å². The van der Waals surface area contributed by atoms with Gasteiger partial charge in [-0.25, -0.2) is 0 Å². The number of methoxy groups -OCH3 is 1. The van der Waals surface area contributed by atoms with Gasteiger partial charge in [0.1, 0.15) is 12.4 Å². The number of benzene rings is 1. The molecule has 104 valence electrons. The summed E-state index contributed by atoms with van der Waals surface area (Å²) in [5, 5.41) is 8.75. The van der Waals surface area contributed by atoms with E-state index >= 15 is 0 Å². The van der Waals surface area contributed by atoms with Crippen LogP contribution in [-0.2, 0) is 6.54 Å². The van der Waals surface area contributed by atoms with E-state index in [1.807, 2.05) is 18.2 Å². The minimum absolute atomic E-state index is 0.117. The van der Waals surface area contributed by atoms with Crippen molar-refractivity contribution in [2.24, 2.45) is 0 Å². The Morgan fingerprint density at radius 3 is 2.63 bits per heavy atom. The zero-order valence-corrected chi connectivity index (χ0v) is 12.2. The van der Waals surface area contributed by atoms with E-state index in [2.05, 4.69) is 37.5 Å². The lowest BCUT2D eigenvalue weighted by Crippen LogP contribution is -2.30. The molecule has 0 bridgehead atoms. The van der Waals surface area contributed by atoms with E-state index in [0.29, 0.717) is 6.04 Å². The molecule has 0 aliphatic carbocycles. The van der Waals surface area contributed by atoms with E-state index in [-0.39, 0.29) is 6.61 Å². The minimum Gasteiger partial charge on any atom is -0.496 e. The Labute approximate surface area is 116 Å². The maximum absolute atomic E-state index is 8.75. The molecule has 3 nitrogen and oxygen atoms in total. The Bertz CT molecular complexity index is 458. The topological polar surface area (TPSA) is 32.7 Å². The van der Waals surface area contributed by atoms with Crippen molar-refractivity contribution in [1.82, 2.24) is 4.90 Å². The lowest BCUT2D eigenvalue weighted by molar-refractivity contribution is 0.222. The molecule has 0 heterocycles. The monoisotopic (exact) mass is 261 g/mol. The molecule has 1 aromatic rings. The Balaban J connectivity index is 3.01. The first kappa shape index (κ1) is 15.6. The second-order valence-corrected chi connectivity index (χ2v) is 4.64. The molecular weight excluding hydrogens is 238 g/mol. The fourth-order valence-corrected chi connectivity index (χ4v) is 2.00. The number of rotatable bonds is 5. The summed E-state index contributed by atoms with van der Waals surface area (Å²) in [6.07, 6.45) is 0. The molecule has 0 fully saturated rings. The van der Waals surface area contributed by atoms with Crippen LogP contribution in [0.2, 0.25) is 0 Å². The van der Waals surface area contributed by atoms with Gasteiger partial charge in [-0.15, -0.1) is 0 Å². The van der Waals surface area contributed by atoms with Gasteiger partial charge in [0.2, 0.25) is 0 Å². The molecule has 3 heteroatoms. The third-order valence-electron chi connectivity index (χ3n) is 3.10. The molecule has 0 saturated heterocycles. The minimum atomic E-state index is -0.117. The molecule has 0 unspecified atom stereocenters. The third kappa shape index (κ3) is 4.59. The van der Waals surface area contributed by atoms with E-state index in [1.54, 1.807) is 7.11 Å². The second-order valence-electron chi connectivity index (χ2n) is 4.64. The van der Waals surface area contributed by atoms with Gasteiger partial charge < -0.3 is 9.84 Å². The molecule has 1 aromatic carbocycles. The first-order valence-corrected chi connectivity index (χ1v) is 6.63. The molecule has 0 amide bonds. The molecule has 1 rings (SSSR count). The van der Waals surface area contributed by atoms with Crippen LogP contribution < -0.4 is 4.74 Å². The number of hydrogen-bond donors (Lipinski definition) is 1. The summed E-state index contributed by atoms with van der Waals surface area (Å²) in [7, 11) is 1.68. The Kier molecular flexibility index (Phi) is 6.41. The summed E-state index contributed by atoms with van der Waals surface area (Å²) in [5.41, 5.74) is 2.03. The number of aliphatic hydroxyl groups is 1. The first-order valence-electron chi connectivity index (χ1n) is 6.63. The molecule has 0 atom stereocenters. The van der Waals surface area contributed by atoms with Crippen LogP contribution >= 0.6 is 0 Å². The molecule has 0 aliphatic rings. The zero-order chi connectivity index (χ0) is 14.3. The fraction of sp³-hybridized carbons (Fsp3) is 0.500. The standard InChI is InChI=1S/C16H23NO2/c1-5-17(13(2)3)12-15-11-14(7-6-10-18)8-9-16(15)19-4/h8-9,11,13,18H,5,10,12H2,1-4H3. The van der Waals surface area contributed by atoms with Crippen molar-refractivity contribution in [1.29, 1.82) is 0 Å². The lowest BCUT2D eigenvalue weighted by atomic mass is 10.1. The maximum atomic E-state index is 8.75. The molecular formula is C16H23NO2. The molecule has 1 N–H and O–H groups in total. The first-order chi connectivity index (χ1) is 9.12. The highest BCUT2D eigenvalue weighted by atomic mass is 16.5. The van der Waals surface area contributed by atoms with Crippen molar-refractivity contribution < 1.29 is 9.84 Å². The van der Waals surface area contributed by atoms with Crippen molar-refractivity contribution in [3.8, 4) is 17.6 Å². The summed E-state index contributed by atoms with van der Waals surface area (Å²) >= 11 is 0. The maximum Gasteiger partial charge on any atom is 0.123 e. The summed E-state index contributed by atoms with van der Waals surface area (Å²) < 4.78 is 5.41. The molecule has 0 spiro atoms. The molecule has 0 aliphatic heterocycles. The molecule has 19 heavy (non-hydrogen) atoms. The number of nitrogens with zero attached hydrogens (tertiary/aromatic N) is 1. The quantitative estimate of drug-likeness (QED) is 0.825. The largest absolute Gasteiger partial charge is 0.496 e. The van der Waals surface area contributed by atoms with Crippen LogP contribution in [0.1, 0.15) is 31.9 Å². The fourth-order valence-electron chi connectivity index (χ4n) is 2.00. The summed E-state index contributed by atoms with van der Waals surface area (Å²) in [6.45, 7) is 8.24. The van der Waals surface area contributed by atoms with Gasteiger partial charge in [-0.2, -0.15) is 0 Å². The van der Waals surface area contributed by atoms with Gasteiger partial charge in [0, 0.05) is 23.7 Å². The van der Waals surface area contributed by atoms with Crippen LogP contribution in [0.25, 0.3) is 0 Å². The van der Waals surface area contributed by atoms with Crippen molar-refractivity contribution in [2.45, 2.75) is 33.4 Å². The molecule has 0 saturated carbocycles. The highest BCUT2D eigenvalue weighted by Crippen LogP contribution is 2.22. The van der Waals surface area contributed by atoms with Gasteiger partial charge in [-0.05, 0) is 38.6 Å². The van der Waals surface area contributed by atoms with Crippen LogP contribution in [0.4, 0.5) is 0 Å². The smallest absolute Gasteiger partial charge is 0.123 e. The summed E-state index contributed by atoms with van der Waals surface area (Å²) in [6, 6.07) is 6.37. The van der Waals surface area contributed by atoms with Gasteiger partial charge in [0.25, 0.3) is 0 Å². The van der Waals surface area contributed by atoms with E-state index in [1.165, 1.54) is 0 Å². The van der Waals surface area contributed by atoms with Crippen LogP contribution in [0.3, 0.4) is 0 Å². The van der Waals surface area contributed by atoms with E-state index in [0.717, 1.165) is 30.0 Å². The molecule has 0 aromatic heterocycles. The van der Waals surface area contributed by atoms with Gasteiger partial charge in [0.15, 0.2) is 0 Å². The Morgan fingerprint density at radius 2 is 2.11 bits per heavy atom. The van der Waals surface area contributed by atoms with Gasteiger partial charge >= 0.3 is 0 Å². The number of hydrogen-bond acceptors (Lipinski definition) is 3. The van der Waals surface area contributed by atoms with Crippen molar-refractivity contribution in [2.75, 3.05) is 20.3 Å². The predicted molar refractivity (Wildman–Crippen MR) is 78.2 cm³/mol. The highest BCUT2D eigenvalue weighted by molar-refractivity contribution is 5.44. The van der Waals surface area contributed by atoms with Crippen LogP contribution in [0, 0.1) is 11.8 Å². The average molecular weight is 261 g/mol. The van der Waals surface area contributed by atoms with Crippen molar-refractivity contribution >= 4 is 0 Å². The molecule has 0 radical (unpaired) electrons. The second kappa shape index (κ2) is 7.83. The van der Waals surface area contributed by atoms with E-state index < -0.39 is 0 Å². The predicted octanol–water partition coefficient (Wildman–Crippen LogP) is 2.27. The van der Waals surface area contributed by atoms with E-state index in [9.17, 15) is 0 Å².